The molecule has 2 rings (SSSR count). The number of nitrogens with zero attached hydrogens (tertiary/aromatic N) is 2. The molecule has 0 bridgehead atoms. The zero-order chi connectivity index (χ0) is 13.9. The van der Waals surface area contributed by atoms with Crippen molar-refractivity contribution >= 4 is 10.0 Å². The Balaban J connectivity index is 2.40. The highest BCUT2D eigenvalue weighted by atomic mass is 32.2. The lowest BCUT2D eigenvalue weighted by atomic mass is 10.2. The van der Waals surface area contributed by atoms with Crippen LogP contribution in [0.3, 0.4) is 0 Å². The Morgan fingerprint density at radius 3 is 2.53 bits per heavy atom. The first-order chi connectivity index (χ1) is 9.07. The summed E-state index contributed by atoms with van der Waals surface area (Å²) in [6.07, 6.45) is 3.78. The molecule has 0 amide bonds. The van der Waals surface area contributed by atoms with Gasteiger partial charge in [0.25, 0.3) is 0 Å². The number of hydrogen-bond donors (Lipinski definition) is 0. The van der Waals surface area contributed by atoms with Gasteiger partial charge in [0.05, 0.1) is 11.0 Å². The van der Waals surface area contributed by atoms with E-state index in [9.17, 15) is 8.42 Å². The molecule has 1 fully saturated rings. The largest absolute Gasteiger partial charge is 0.244 e. The molecule has 1 aliphatic rings. The van der Waals surface area contributed by atoms with Gasteiger partial charge in [-0.2, -0.15) is 9.57 Å². The van der Waals surface area contributed by atoms with E-state index in [1.54, 1.807) is 25.1 Å². The fourth-order valence-electron chi connectivity index (χ4n) is 2.64. The molecule has 0 unspecified atom stereocenters. The second kappa shape index (κ2) is 5.72. The topological polar surface area (TPSA) is 61.2 Å². The van der Waals surface area contributed by atoms with Crippen LogP contribution in [-0.4, -0.2) is 25.3 Å². The summed E-state index contributed by atoms with van der Waals surface area (Å²) in [5, 5.41) is 8.92. The molecule has 0 aromatic heterocycles. The Morgan fingerprint density at radius 1 is 1.32 bits per heavy atom. The minimum absolute atomic E-state index is 0.0238. The third-order valence-corrected chi connectivity index (χ3v) is 5.70. The van der Waals surface area contributed by atoms with Crippen LogP contribution in [0, 0.1) is 18.3 Å². The summed E-state index contributed by atoms with van der Waals surface area (Å²) in [7, 11) is -3.57. The van der Waals surface area contributed by atoms with E-state index in [-0.39, 0.29) is 12.6 Å². The Morgan fingerprint density at radius 2 is 1.95 bits per heavy atom. The molecule has 0 saturated heterocycles. The monoisotopic (exact) mass is 278 g/mol. The Kier molecular flexibility index (Phi) is 4.23. The zero-order valence-corrected chi connectivity index (χ0v) is 11.9. The van der Waals surface area contributed by atoms with Gasteiger partial charge in [0.2, 0.25) is 10.0 Å². The molecule has 1 aromatic carbocycles. The highest BCUT2D eigenvalue weighted by Gasteiger charge is 2.33. The molecule has 0 spiro atoms. The van der Waals surface area contributed by atoms with Crippen LogP contribution in [0.15, 0.2) is 29.2 Å². The van der Waals surface area contributed by atoms with E-state index in [1.807, 2.05) is 12.1 Å². The summed E-state index contributed by atoms with van der Waals surface area (Å²) in [6.45, 7) is 1.72. The van der Waals surface area contributed by atoms with Crippen LogP contribution in [0.1, 0.15) is 31.2 Å². The maximum absolute atomic E-state index is 12.7. The molecular formula is C14H18N2O2S. The van der Waals surface area contributed by atoms with Gasteiger partial charge in [0.1, 0.15) is 6.54 Å². The van der Waals surface area contributed by atoms with Crippen LogP contribution >= 0.6 is 0 Å². The second-order valence-electron chi connectivity index (χ2n) is 4.91. The number of aryl methyl sites for hydroxylation is 1. The molecule has 0 heterocycles. The van der Waals surface area contributed by atoms with Gasteiger partial charge in [-0.1, -0.05) is 31.0 Å². The Hall–Kier alpha value is -1.38. The summed E-state index contributed by atoms with van der Waals surface area (Å²) in [5.41, 5.74) is 0.725. The van der Waals surface area contributed by atoms with Crippen LogP contribution in [0.4, 0.5) is 0 Å². The first kappa shape index (κ1) is 14.0. The molecule has 0 radical (unpaired) electrons. The van der Waals surface area contributed by atoms with Crippen LogP contribution in [0.25, 0.3) is 0 Å². The summed E-state index contributed by atoms with van der Waals surface area (Å²) >= 11 is 0. The van der Waals surface area contributed by atoms with E-state index < -0.39 is 10.0 Å². The first-order valence-corrected chi connectivity index (χ1v) is 7.96. The van der Waals surface area contributed by atoms with Crippen molar-refractivity contribution in [2.24, 2.45) is 0 Å². The summed E-state index contributed by atoms with van der Waals surface area (Å²) in [4.78, 5) is 0.317. The van der Waals surface area contributed by atoms with Crippen molar-refractivity contribution < 1.29 is 8.42 Å². The Bertz CT molecular complexity index is 584. The molecule has 4 nitrogen and oxygen atoms in total. The Labute approximate surface area is 114 Å². The van der Waals surface area contributed by atoms with Crippen molar-refractivity contribution in [3.05, 3.63) is 29.8 Å². The molecule has 0 N–H and O–H groups in total. The summed E-state index contributed by atoms with van der Waals surface area (Å²) in [5.74, 6) is 0. The van der Waals surface area contributed by atoms with E-state index in [4.69, 9.17) is 5.26 Å². The van der Waals surface area contributed by atoms with Crippen LogP contribution in [0.2, 0.25) is 0 Å². The van der Waals surface area contributed by atoms with Gasteiger partial charge in [0, 0.05) is 6.04 Å². The summed E-state index contributed by atoms with van der Waals surface area (Å²) in [6, 6.07) is 8.90. The first-order valence-electron chi connectivity index (χ1n) is 6.52. The van der Waals surface area contributed by atoms with E-state index in [2.05, 4.69) is 0 Å². The lowest BCUT2D eigenvalue weighted by Gasteiger charge is -2.26. The predicted molar refractivity (Wildman–Crippen MR) is 72.9 cm³/mol. The van der Waals surface area contributed by atoms with Gasteiger partial charge >= 0.3 is 0 Å². The fourth-order valence-corrected chi connectivity index (χ4v) is 4.45. The smallest absolute Gasteiger partial charge is 0.207 e. The number of nitriles is 1. The second-order valence-corrected chi connectivity index (χ2v) is 6.77. The highest BCUT2D eigenvalue weighted by molar-refractivity contribution is 7.89. The maximum Gasteiger partial charge on any atom is 0.244 e. The quantitative estimate of drug-likeness (QED) is 0.795. The minimum atomic E-state index is -3.57. The molecular weight excluding hydrogens is 260 g/mol. The van der Waals surface area contributed by atoms with Crippen molar-refractivity contribution in [1.82, 2.24) is 4.31 Å². The van der Waals surface area contributed by atoms with Gasteiger partial charge < -0.3 is 0 Å². The molecule has 1 saturated carbocycles. The molecule has 1 aromatic rings. The molecule has 5 heteroatoms. The molecule has 19 heavy (non-hydrogen) atoms. The van der Waals surface area contributed by atoms with Crippen LogP contribution in [0.5, 0.6) is 0 Å². The molecule has 0 aliphatic heterocycles. The fraction of sp³-hybridized carbons (Fsp3) is 0.500. The standard InChI is InChI=1S/C14H18N2O2S/c1-12-6-2-5-9-14(12)19(17,18)16(11-10-15)13-7-3-4-8-13/h2,5-6,9,13H,3-4,7-8,11H2,1H3. The van der Waals surface area contributed by atoms with E-state index in [0.29, 0.717) is 4.90 Å². The van der Waals surface area contributed by atoms with Gasteiger partial charge in [0.15, 0.2) is 0 Å². The third kappa shape index (κ3) is 2.80. The van der Waals surface area contributed by atoms with Crippen molar-refractivity contribution in [3.8, 4) is 6.07 Å². The number of benzene rings is 1. The molecule has 102 valence electrons. The highest BCUT2D eigenvalue weighted by Crippen LogP contribution is 2.29. The minimum Gasteiger partial charge on any atom is -0.207 e. The van der Waals surface area contributed by atoms with Crippen molar-refractivity contribution in [1.29, 1.82) is 5.26 Å². The van der Waals surface area contributed by atoms with Crippen molar-refractivity contribution in [2.45, 2.75) is 43.5 Å². The SMILES string of the molecule is Cc1ccccc1S(=O)(=O)N(CC#N)C1CCCC1. The predicted octanol–water partition coefficient (Wildman–Crippen LogP) is 2.45. The number of sulfonamides is 1. The molecule has 0 atom stereocenters. The van der Waals surface area contributed by atoms with Crippen LogP contribution < -0.4 is 0 Å². The zero-order valence-electron chi connectivity index (χ0n) is 11.0. The van der Waals surface area contributed by atoms with Crippen LogP contribution in [-0.2, 0) is 10.0 Å². The maximum atomic E-state index is 12.7. The number of rotatable bonds is 4. The third-order valence-electron chi connectivity index (χ3n) is 3.64. The van der Waals surface area contributed by atoms with E-state index in [0.717, 1.165) is 31.2 Å². The van der Waals surface area contributed by atoms with Gasteiger partial charge in [-0.15, -0.1) is 0 Å². The number of hydrogen-bond acceptors (Lipinski definition) is 3. The normalized spacial score (nSPS) is 16.7. The average Bonchev–Trinajstić information content (AvgIpc) is 2.89. The lowest BCUT2D eigenvalue weighted by Crippen LogP contribution is -2.39. The van der Waals surface area contributed by atoms with Crippen molar-refractivity contribution in [2.75, 3.05) is 6.54 Å². The average molecular weight is 278 g/mol. The van der Waals surface area contributed by atoms with Gasteiger partial charge in [-0.25, -0.2) is 8.42 Å². The summed E-state index contributed by atoms with van der Waals surface area (Å²) < 4.78 is 26.8. The van der Waals surface area contributed by atoms with E-state index in [1.165, 1.54) is 4.31 Å². The van der Waals surface area contributed by atoms with Gasteiger partial charge in [-0.05, 0) is 31.4 Å². The van der Waals surface area contributed by atoms with Crippen molar-refractivity contribution in [3.63, 3.8) is 0 Å². The lowest BCUT2D eigenvalue weighted by molar-refractivity contribution is 0.350. The molecule has 1 aliphatic carbocycles. The van der Waals surface area contributed by atoms with E-state index >= 15 is 0 Å². The van der Waals surface area contributed by atoms with Gasteiger partial charge in [-0.3, -0.25) is 0 Å².